The Morgan fingerprint density at radius 1 is 1.55 bits per heavy atom. The van der Waals surface area contributed by atoms with E-state index >= 15 is 0 Å². The molecule has 2 N–H and O–H groups in total. The molecule has 1 fully saturated rings. The van der Waals surface area contributed by atoms with Crippen LogP contribution in [0.4, 0.5) is 0 Å². The van der Waals surface area contributed by atoms with Crippen LogP contribution in [0.1, 0.15) is 25.7 Å². The summed E-state index contributed by atoms with van der Waals surface area (Å²) in [4.78, 5) is 0. The largest absolute Gasteiger partial charge is 0.363 e. The van der Waals surface area contributed by atoms with Gasteiger partial charge in [0, 0.05) is 6.04 Å². The Balaban J connectivity index is 2.18. The van der Waals surface area contributed by atoms with Crippen molar-refractivity contribution in [1.29, 1.82) is 5.26 Å². The summed E-state index contributed by atoms with van der Waals surface area (Å²) in [5.74, 6) is 0. The van der Waals surface area contributed by atoms with Crippen molar-refractivity contribution in [3.05, 3.63) is 0 Å². The first-order chi connectivity index (χ1) is 5.33. The molecule has 1 aliphatic carbocycles. The highest BCUT2D eigenvalue weighted by Gasteiger charge is 2.18. The molecule has 0 bridgehead atoms. The standard InChI is InChI=1S/C8H14N2O/c9-4-5-11-8-3-1-2-7(10)6-8/h7-8H,1-3,5-6,10H2. The Labute approximate surface area is 67.1 Å². The number of hydrogen-bond acceptors (Lipinski definition) is 3. The molecule has 62 valence electrons. The van der Waals surface area contributed by atoms with E-state index in [2.05, 4.69) is 0 Å². The van der Waals surface area contributed by atoms with Gasteiger partial charge >= 0.3 is 0 Å². The molecule has 0 radical (unpaired) electrons. The lowest BCUT2D eigenvalue weighted by Gasteiger charge is -2.25. The summed E-state index contributed by atoms with van der Waals surface area (Å²) in [6.07, 6.45) is 4.46. The van der Waals surface area contributed by atoms with Crippen molar-refractivity contribution >= 4 is 0 Å². The third-order valence-corrected chi connectivity index (χ3v) is 2.05. The molecule has 0 amide bonds. The molecular formula is C8H14N2O. The maximum Gasteiger partial charge on any atom is 0.134 e. The highest BCUT2D eigenvalue weighted by atomic mass is 16.5. The highest BCUT2D eigenvalue weighted by molar-refractivity contribution is 4.77. The van der Waals surface area contributed by atoms with Gasteiger partial charge in [0.1, 0.15) is 6.61 Å². The van der Waals surface area contributed by atoms with E-state index in [0.717, 1.165) is 25.7 Å². The second-order valence-corrected chi connectivity index (χ2v) is 3.02. The topological polar surface area (TPSA) is 59.0 Å². The molecular weight excluding hydrogens is 140 g/mol. The minimum atomic E-state index is 0.206. The Kier molecular flexibility index (Phi) is 3.34. The molecule has 0 spiro atoms. The van der Waals surface area contributed by atoms with Crippen LogP contribution in [0, 0.1) is 11.3 Å². The van der Waals surface area contributed by atoms with Gasteiger partial charge in [0.05, 0.1) is 12.2 Å². The SMILES string of the molecule is N#CCOC1CCCC(N)C1. The number of nitrogens with two attached hydrogens (primary N) is 1. The van der Waals surface area contributed by atoms with Gasteiger partial charge in [0.15, 0.2) is 0 Å². The first kappa shape index (κ1) is 8.51. The number of nitriles is 1. The fourth-order valence-corrected chi connectivity index (χ4v) is 1.49. The predicted octanol–water partition coefficient (Wildman–Crippen LogP) is 0.796. The van der Waals surface area contributed by atoms with E-state index in [0.29, 0.717) is 0 Å². The summed E-state index contributed by atoms with van der Waals surface area (Å²) in [5.41, 5.74) is 5.73. The van der Waals surface area contributed by atoms with Gasteiger partial charge in [0.25, 0.3) is 0 Å². The third kappa shape index (κ3) is 2.87. The summed E-state index contributed by atoms with van der Waals surface area (Å²) >= 11 is 0. The van der Waals surface area contributed by atoms with E-state index in [1.807, 2.05) is 6.07 Å². The molecule has 0 aromatic heterocycles. The lowest BCUT2D eigenvalue weighted by Crippen LogP contribution is -2.32. The maximum absolute atomic E-state index is 8.26. The van der Waals surface area contributed by atoms with Gasteiger partial charge in [-0.2, -0.15) is 5.26 Å². The fraction of sp³-hybridized carbons (Fsp3) is 0.875. The lowest BCUT2D eigenvalue weighted by atomic mass is 9.94. The van der Waals surface area contributed by atoms with E-state index < -0.39 is 0 Å². The highest BCUT2D eigenvalue weighted by Crippen LogP contribution is 2.19. The van der Waals surface area contributed by atoms with Crippen molar-refractivity contribution in [3.8, 4) is 6.07 Å². The van der Waals surface area contributed by atoms with Crippen molar-refractivity contribution in [1.82, 2.24) is 0 Å². The molecule has 0 aliphatic heterocycles. The van der Waals surface area contributed by atoms with E-state index in [4.69, 9.17) is 15.7 Å². The van der Waals surface area contributed by atoms with Crippen LogP contribution >= 0.6 is 0 Å². The zero-order valence-electron chi connectivity index (χ0n) is 6.62. The Morgan fingerprint density at radius 2 is 2.36 bits per heavy atom. The van der Waals surface area contributed by atoms with Crippen LogP contribution in [0.15, 0.2) is 0 Å². The molecule has 11 heavy (non-hydrogen) atoms. The van der Waals surface area contributed by atoms with Gasteiger partial charge in [0.2, 0.25) is 0 Å². The molecule has 0 aromatic rings. The van der Waals surface area contributed by atoms with Crippen molar-refractivity contribution in [3.63, 3.8) is 0 Å². The molecule has 0 heterocycles. The van der Waals surface area contributed by atoms with Gasteiger partial charge in [-0.3, -0.25) is 0 Å². The molecule has 1 saturated carbocycles. The normalized spacial score (nSPS) is 31.3. The Hall–Kier alpha value is -0.590. The van der Waals surface area contributed by atoms with Crippen molar-refractivity contribution in [2.24, 2.45) is 5.73 Å². The second kappa shape index (κ2) is 4.32. The molecule has 2 atom stereocenters. The first-order valence-electron chi connectivity index (χ1n) is 4.07. The smallest absolute Gasteiger partial charge is 0.134 e. The maximum atomic E-state index is 8.26. The monoisotopic (exact) mass is 154 g/mol. The van der Waals surface area contributed by atoms with E-state index in [1.54, 1.807) is 0 Å². The van der Waals surface area contributed by atoms with Crippen molar-refractivity contribution in [2.45, 2.75) is 37.8 Å². The Bertz CT molecular complexity index is 153. The van der Waals surface area contributed by atoms with Crippen LogP contribution in [0.2, 0.25) is 0 Å². The summed E-state index contributed by atoms with van der Waals surface area (Å²) in [6.45, 7) is 0.206. The van der Waals surface area contributed by atoms with Crippen LogP contribution in [-0.4, -0.2) is 18.8 Å². The molecule has 1 rings (SSSR count). The number of rotatable bonds is 2. The first-order valence-corrected chi connectivity index (χ1v) is 4.07. The molecule has 3 nitrogen and oxygen atoms in total. The van der Waals surface area contributed by atoms with Crippen LogP contribution in [-0.2, 0) is 4.74 Å². The zero-order valence-corrected chi connectivity index (χ0v) is 6.62. The number of ether oxygens (including phenoxy) is 1. The fourth-order valence-electron chi connectivity index (χ4n) is 1.49. The molecule has 1 aliphatic rings. The summed E-state index contributed by atoms with van der Waals surface area (Å²) < 4.78 is 5.26. The summed E-state index contributed by atoms with van der Waals surface area (Å²) in [6, 6.07) is 2.25. The average molecular weight is 154 g/mol. The Morgan fingerprint density at radius 3 is 3.00 bits per heavy atom. The molecule has 3 heteroatoms. The van der Waals surface area contributed by atoms with Gasteiger partial charge in [-0.15, -0.1) is 0 Å². The zero-order chi connectivity index (χ0) is 8.10. The van der Waals surface area contributed by atoms with E-state index in [9.17, 15) is 0 Å². The second-order valence-electron chi connectivity index (χ2n) is 3.02. The minimum Gasteiger partial charge on any atom is -0.363 e. The van der Waals surface area contributed by atoms with Gasteiger partial charge in [-0.05, 0) is 25.7 Å². The third-order valence-electron chi connectivity index (χ3n) is 2.05. The number of hydrogen-bond donors (Lipinski definition) is 1. The van der Waals surface area contributed by atoms with Gasteiger partial charge in [-0.25, -0.2) is 0 Å². The summed E-state index contributed by atoms with van der Waals surface area (Å²) in [7, 11) is 0. The van der Waals surface area contributed by atoms with Crippen molar-refractivity contribution in [2.75, 3.05) is 6.61 Å². The van der Waals surface area contributed by atoms with Crippen LogP contribution in [0.25, 0.3) is 0 Å². The molecule has 0 saturated heterocycles. The lowest BCUT2D eigenvalue weighted by molar-refractivity contribution is 0.0434. The predicted molar refractivity (Wildman–Crippen MR) is 41.8 cm³/mol. The summed E-state index contributed by atoms with van der Waals surface area (Å²) in [5, 5.41) is 8.26. The van der Waals surface area contributed by atoms with E-state index in [-0.39, 0.29) is 18.8 Å². The van der Waals surface area contributed by atoms with Crippen molar-refractivity contribution < 1.29 is 4.74 Å². The average Bonchev–Trinajstić information content (AvgIpc) is 2.01. The molecule has 0 aromatic carbocycles. The van der Waals surface area contributed by atoms with E-state index in [1.165, 1.54) is 0 Å². The van der Waals surface area contributed by atoms with Crippen LogP contribution in [0.5, 0.6) is 0 Å². The number of nitrogens with zero attached hydrogens (tertiary/aromatic N) is 1. The van der Waals surface area contributed by atoms with Crippen LogP contribution < -0.4 is 5.73 Å². The van der Waals surface area contributed by atoms with Gasteiger partial charge < -0.3 is 10.5 Å². The molecule has 2 unspecified atom stereocenters. The van der Waals surface area contributed by atoms with Gasteiger partial charge in [-0.1, -0.05) is 0 Å². The minimum absolute atomic E-state index is 0.206. The quantitative estimate of drug-likeness (QED) is 0.640. The van der Waals surface area contributed by atoms with Crippen LogP contribution in [0.3, 0.4) is 0 Å².